The Balaban J connectivity index is 1.33. The second-order valence-electron chi connectivity index (χ2n) is 17.2. The van der Waals surface area contributed by atoms with E-state index in [1.54, 1.807) is 14.2 Å². The molecule has 6 nitrogen and oxygen atoms in total. The summed E-state index contributed by atoms with van der Waals surface area (Å²) < 4.78 is 14.5. The van der Waals surface area contributed by atoms with Gasteiger partial charge in [0.25, 0.3) is 0 Å². The highest BCUT2D eigenvalue weighted by Gasteiger charge is 2.47. The van der Waals surface area contributed by atoms with Gasteiger partial charge in [-0.3, -0.25) is 0 Å². The van der Waals surface area contributed by atoms with Gasteiger partial charge in [-0.25, -0.2) is 0 Å². The van der Waals surface area contributed by atoms with Crippen LogP contribution in [-0.2, 0) is 5.41 Å². The highest BCUT2D eigenvalue weighted by atomic mass is 16.5. The van der Waals surface area contributed by atoms with E-state index in [2.05, 4.69) is 181 Å². The molecule has 0 saturated carbocycles. The number of methoxy groups -OCH3 is 2. The summed E-state index contributed by atoms with van der Waals surface area (Å²) in [7, 11) is 3.42. The normalized spacial score (nSPS) is 12.5. The Morgan fingerprint density at radius 2 is 0.881 bits per heavy atom. The van der Waals surface area contributed by atoms with Crippen LogP contribution >= 0.6 is 0 Å². The van der Waals surface area contributed by atoms with Crippen LogP contribution in [0.25, 0.3) is 49.7 Å². The highest BCUT2D eigenvalue weighted by Crippen LogP contribution is 2.61. The first-order valence-corrected chi connectivity index (χ1v) is 22.3. The highest BCUT2D eigenvalue weighted by molar-refractivity contribution is 6.11. The average molecular weight is 865 g/mol. The molecule has 0 bridgehead atoms. The van der Waals surface area contributed by atoms with Crippen LogP contribution in [0, 0.1) is 36.5 Å². The fourth-order valence-electron chi connectivity index (χ4n) is 10.5. The molecular weight excluding hydrogens is 821 g/mol. The molecule has 0 unspecified atom stereocenters. The number of aromatic nitrogens is 1. The predicted molar refractivity (Wildman–Crippen MR) is 270 cm³/mol. The number of benzene rings is 9. The van der Waals surface area contributed by atoms with E-state index in [1.165, 1.54) is 11.1 Å². The smallest absolute Gasteiger partial charge is 0.119 e. The number of ether oxygens (including phenoxy) is 2. The van der Waals surface area contributed by atoms with Gasteiger partial charge in [0, 0.05) is 21.9 Å². The first-order chi connectivity index (χ1) is 32.9. The van der Waals surface area contributed by atoms with Gasteiger partial charge in [-0.1, -0.05) is 108 Å². The van der Waals surface area contributed by atoms with Crippen LogP contribution in [0.5, 0.6) is 11.5 Å². The average Bonchev–Trinajstić information content (AvgIpc) is 3.69. The van der Waals surface area contributed by atoms with Crippen molar-refractivity contribution >= 4 is 38.9 Å². The van der Waals surface area contributed by atoms with Crippen molar-refractivity contribution in [2.24, 2.45) is 0 Å². The molecule has 0 atom stereocenters. The molecule has 1 aromatic heterocycles. The Hall–Kier alpha value is -8.84. The molecule has 0 saturated heterocycles. The Kier molecular flexibility index (Phi) is 9.95. The zero-order valence-corrected chi connectivity index (χ0v) is 37.6. The third kappa shape index (κ3) is 6.45. The monoisotopic (exact) mass is 864 g/mol. The molecule has 1 aliphatic rings. The molecule has 0 fully saturated rings. The summed E-state index contributed by atoms with van der Waals surface area (Å²) in [5.41, 5.74) is 16.2. The molecule has 1 aliphatic heterocycles. The van der Waals surface area contributed by atoms with Gasteiger partial charge in [-0.2, -0.15) is 10.5 Å². The molecule has 0 spiro atoms. The number of hydrogen-bond donors (Lipinski definition) is 0. The number of anilines is 3. The van der Waals surface area contributed by atoms with E-state index in [0.717, 1.165) is 101 Å². The number of aryl methyl sites for hydroxylation is 2. The van der Waals surface area contributed by atoms with Crippen LogP contribution < -0.4 is 14.4 Å². The second-order valence-corrected chi connectivity index (χ2v) is 17.2. The third-order valence-electron chi connectivity index (χ3n) is 13.4. The van der Waals surface area contributed by atoms with Crippen LogP contribution in [0.2, 0.25) is 0 Å². The van der Waals surface area contributed by atoms with Crippen molar-refractivity contribution in [3.63, 3.8) is 0 Å². The lowest BCUT2D eigenvalue weighted by atomic mass is 9.62. The minimum absolute atomic E-state index is 0.537. The maximum atomic E-state index is 10.5. The molecule has 2 heterocycles. The lowest BCUT2D eigenvalue weighted by molar-refractivity contribution is 0.412. The van der Waals surface area contributed by atoms with Crippen molar-refractivity contribution in [2.45, 2.75) is 19.3 Å². The van der Waals surface area contributed by atoms with Crippen molar-refractivity contribution in [1.29, 1.82) is 10.5 Å². The van der Waals surface area contributed by atoms with Gasteiger partial charge in [-0.15, -0.1) is 0 Å². The van der Waals surface area contributed by atoms with Gasteiger partial charge in [0.1, 0.15) is 11.5 Å². The Labute approximate surface area is 390 Å². The summed E-state index contributed by atoms with van der Waals surface area (Å²) in [6.45, 7) is 4.27. The molecule has 320 valence electrons. The number of hydrogen-bond acceptors (Lipinski definition) is 5. The van der Waals surface area contributed by atoms with E-state index < -0.39 is 5.41 Å². The van der Waals surface area contributed by atoms with Gasteiger partial charge in [-0.05, 0) is 144 Å². The van der Waals surface area contributed by atoms with Crippen molar-refractivity contribution in [2.75, 3.05) is 19.1 Å². The first-order valence-electron chi connectivity index (χ1n) is 22.3. The number of nitrogens with zero attached hydrogens (tertiary/aromatic N) is 4. The molecule has 0 N–H and O–H groups in total. The minimum atomic E-state index is -0.823. The molecule has 0 amide bonds. The van der Waals surface area contributed by atoms with E-state index in [0.29, 0.717) is 11.1 Å². The van der Waals surface area contributed by atoms with Gasteiger partial charge in [0.2, 0.25) is 0 Å². The number of fused-ring (bicyclic) bond motifs is 5. The minimum Gasteiger partial charge on any atom is -0.497 e. The Morgan fingerprint density at radius 1 is 0.433 bits per heavy atom. The molecule has 11 rings (SSSR count). The number of rotatable bonds is 8. The molecule has 0 radical (unpaired) electrons. The fourth-order valence-corrected chi connectivity index (χ4v) is 10.5. The van der Waals surface area contributed by atoms with E-state index in [1.807, 2.05) is 48.5 Å². The summed E-state index contributed by atoms with van der Waals surface area (Å²) in [6, 6.07) is 72.4. The van der Waals surface area contributed by atoms with Crippen molar-refractivity contribution < 1.29 is 9.47 Å². The molecule has 67 heavy (non-hydrogen) atoms. The summed E-state index contributed by atoms with van der Waals surface area (Å²) in [6.07, 6.45) is 0. The largest absolute Gasteiger partial charge is 0.497 e. The lowest BCUT2D eigenvalue weighted by Gasteiger charge is -2.47. The SMILES string of the molecule is COc1ccc2c(c1)C(c1ccccc1)(c1ccccc1)c1cc(OC)ccc1N2c1ccc(-n2c3ccc(C)cc3c3cc(C)ccc32)c(-c2cccc(C#N)c2)c1-c1cccc(C#N)c1. The maximum Gasteiger partial charge on any atom is 0.119 e. The molecule has 6 heteroatoms. The van der Waals surface area contributed by atoms with Crippen LogP contribution in [0.4, 0.5) is 17.1 Å². The van der Waals surface area contributed by atoms with Crippen molar-refractivity contribution in [3.05, 3.63) is 239 Å². The standard InChI is InChI=1S/C61H44N4O2/c1-39-21-25-53-49(31-39)50-32-40(2)22-26-54(50)64(53)57-29-30-58(60(44-16-12-14-42(34-44)38-63)59(57)43-15-11-13-41(33-43)37-62)65-55-27-23-47(66-3)35-51(55)61(45-17-7-5-8-18-45,46-19-9-6-10-20-46)52-36-48(67-4)24-28-56(52)65/h5-36H,1-4H3. The van der Waals surface area contributed by atoms with Crippen molar-refractivity contribution in [3.8, 4) is 51.6 Å². The summed E-state index contributed by atoms with van der Waals surface area (Å²) in [4.78, 5) is 2.36. The zero-order chi connectivity index (χ0) is 45.8. The van der Waals surface area contributed by atoms with E-state index in [9.17, 15) is 10.5 Å². The predicted octanol–water partition coefficient (Wildman–Crippen LogP) is 14.7. The fraction of sp³-hybridized carbons (Fsp3) is 0.0820. The lowest BCUT2D eigenvalue weighted by Crippen LogP contribution is -2.38. The van der Waals surface area contributed by atoms with Crippen LogP contribution in [-0.4, -0.2) is 18.8 Å². The van der Waals surface area contributed by atoms with Crippen LogP contribution in [0.15, 0.2) is 194 Å². The van der Waals surface area contributed by atoms with E-state index >= 15 is 0 Å². The van der Waals surface area contributed by atoms with E-state index in [-0.39, 0.29) is 0 Å². The van der Waals surface area contributed by atoms with E-state index in [4.69, 9.17) is 9.47 Å². The summed E-state index contributed by atoms with van der Waals surface area (Å²) in [5.74, 6) is 1.45. The third-order valence-corrected chi connectivity index (χ3v) is 13.4. The number of nitriles is 2. The van der Waals surface area contributed by atoms with Gasteiger partial charge in [0.15, 0.2) is 0 Å². The molecular formula is C61H44N4O2. The maximum absolute atomic E-state index is 10.5. The van der Waals surface area contributed by atoms with Gasteiger partial charge in [0.05, 0.1) is 76.7 Å². The first kappa shape index (κ1) is 40.9. The molecule has 0 aliphatic carbocycles. The summed E-state index contributed by atoms with van der Waals surface area (Å²) in [5, 5.41) is 23.2. The second kappa shape index (κ2) is 16.3. The Bertz CT molecular complexity index is 3510. The molecule has 9 aromatic carbocycles. The Morgan fingerprint density at radius 3 is 1.34 bits per heavy atom. The molecule has 10 aromatic rings. The van der Waals surface area contributed by atoms with Gasteiger partial charge < -0.3 is 18.9 Å². The van der Waals surface area contributed by atoms with Crippen LogP contribution in [0.1, 0.15) is 44.5 Å². The summed E-state index contributed by atoms with van der Waals surface area (Å²) >= 11 is 0. The van der Waals surface area contributed by atoms with Crippen LogP contribution in [0.3, 0.4) is 0 Å². The quantitative estimate of drug-likeness (QED) is 0.152. The zero-order valence-electron chi connectivity index (χ0n) is 37.6. The van der Waals surface area contributed by atoms with Gasteiger partial charge >= 0.3 is 0 Å². The van der Waals surface area contributed by atoms with Crippen molar-refractivity contribution in [1.82, 2.24) is 4.57 Å². The topological polar surface area (TPSA) is 74.2 Å².